The van der Waals surface area contributed by atoms with Crippen molar-refractivity contribution in [2.45, 2.75) is 39.7 Å². The number of anilines is 1. The van der Waals surface area contributed by atoms with Crippen LogP contribution in [0.4, 0.5) is 5.69 Å². The molecule has 5 nitrogen and oxygen atoms in total. The smallest absolute Gasteiger partial charge is 0.224 e. The summed E-state index contributed by atoms with van der Waals surface area (Å²) in [6, 6.07) is 10.1. The van der Waals surface area contributed by atoms with E-state index in [2.05, 4.69) is 41.4 Å². The van der Waals surface area contributed by atoms with E-state index in [-0.39, 0.29) is 5.91 Å². The van der Waals surface area contributed by atoms with Crippen molar-refractivity contribution in [3.05, 3.63) is 47.3 Å². The van der Waals surface area contributed by atoms with Crippen LogP contribution in [0.5, 0.6) is 0 Å². The van der Waals surface area contributed by atoms with E-state index in [1.165, 1.54) is 0 Å². The molecule has 134 valence electrons. The molecule has 0 atom stereocenters. The summed E-state index contributed by atoms with van der Waals surface area (Å²) in [5.74, 6) is 0.631. The lowest BCUT2D eigenvalue weighted by Gasteiger charge is -2.28. The lowest BCUT2D eigenvalue weighted by atomic mass is 9.93. The number of hydrogen-bond donors (Lipinski definition) is 1. The molecule has 0 aliphatic carbocycles. The maximum absolute atomic E-state index is 12.3. The fourth-order valence-corrected chi connectivity index (χ4v) is 3.50. The van der Waals surface area contributed by atoms with E-state index in [0.717, 1.165) is 55.1 Å². The number of piperidine rings is 1. The van der Waals surface area contributed by atoms with Crippen molar-refractivity contribution >= 4 is 11.6 Å². The molecule has 1 amide bonds. The first-order chi connectivity index (χ1) is 12.0. The standard InChI is InChI=1S/C20H28N4O/c1-15-11-16(2)24(22-15)14-18-5-4-6-19(12-18)21-20(25)13-17-7-9-23(3)10-8-17/h4-6,11-12,17H,7-10,13-14H2,1-3H3,(H,21,25). The lowest BCUT2D eigenvalue weighted by Crippen LogP contribution is -2.31. The Balaban J connectivity index is 1.57. The molecule has 5 heteroatoms. The molecule has 0 radical (unpaired) electrons. The van der Waals surface area contributed by atoms with Gasteiger partial charge in [-0.2, -0.15) is 5.10 Å². The minimum atomic E-state index is 0.123. The number of carbonyl (C=O) groups excluding carboxylic acids is 1. The van der Waals surface area contributed by atoms with Gasteiger partial charge in [0.25, 0.3) is 0 Å². The molecule has 0 unspecified atom stereocenters. The van der Waals surface area contributed by atoms with Crippen molar-refractivity contribution in [3.63, 3.8) is 0 Å². The lowest BCUT2D eigenvalue weighted by molar-refractivity contribution is -0.117. The van der Waals surface area contributed by atoms with Crippen LogP contribution in [0.3, 0.4) is 0 Å². The van der Waals surface area contributed by atoms with Crippen LogP contribution < -0.4 is 5.32 Å². The van der Waals surface area contributed by atoms with Crippen molar-refractivity contribution in [2.24, 2.45) is 5.92 Å². The largest absolute Gasteiger partial charge is 0.326 e. The van der Waals surface area contributed by atoms with E-state index in [0.29, 0.717) is 12.3 Å². The van der Waals surface area contributed by atoms with Gasteiger partial charge in [0.1, 0.15) is 0 Å². The summed E-state index contributed by atoms with van der Waals surface area (Å²) < 4.78 is 1.99. The molecule has 3 rings (SSSR count). The minimum Gasteiger partial charge on any atom is -0.326 e. The molecule has 2 heterocycles. The first-order valence-electron chi connectivity index (χ1n) is 9.08. The Morgan fingerprint density at radius 2 is 2.00 bits per heavy atom. The van der Waals surface area contributed by atoms with Gasteiger partial charge in [-0.15, -0.1) is 0 Å². The fourth-order valence-electron chi connectivity index (χ4n) is 3.50. The monoisotopic (exact) mass is 340 g/mol. The molecule has 1 saturated heterocycles. The number of carbonyl (C=O) groups is 1. The van der Waals surface area contributed by atoms with Gasteiger partial charge in [-0.3, -0.25) is 9.48 Å². The molecule has 25 heavy (non-hydrogen) atoms. The summed E-state index contributed by atoms with van der Waals surface area (Å²) in [6.07, 6.45) is 2.85. The van der Waals surface area contributed by atoms with Gasteiger partial charge in [-0.1, -0.05) is 12.1 Å². The average molecular weight is 340 g/mol. The minimum absolute atomic E-state index is 0.123. The number of hydrogen-bond acceptors (Lipinski definition) is 3. The average Bonchev–Trinajstić information content (AvgIpc) is 2.87. The Kier molecular flexibility index (Phi) is 5.53. The molecule has 2 aromatic rings. The fraction of sp³-hybridized carbons (Fsp3) is 0.500. The van der Waals surface area contributed by atoms with E-state index in [1.54, 1.807) is 0 Å². The molecule has 1 aliphatic heterocycles. The predicted molar refractivity (Wildman–Crippen MR) is 101 cm³/mol. The van der Waals surface area contributed by atoms with Gasteiger partial charge in [0.2, 0.25) is 5.91 Å². The van der Waals surface area contributed by atoms with Gasteiger partial charge in [0, 0.05) is 17.8 Å². The Bertz CT molecular complexity index is 729. The normalized spacial score (nSPS) is 16.1. The second-order valence-electron chi connectivity index (χ2n) is 7.28. The van der Waals surface area contributed by atoms with Crippen LogP contribution in [0.25, 0.3) is 0 Å². The number of benzene rings is 1. The van der Waals surface area contributed by atoms with Crippen LogP contribution in [0.15, 0.2) is 30.3 Å². The Morgan fingerprint density at radius 3 is 2.68 bits per heavy atom. The summed E-state index contributed by atoms with van der Waals surface area (Å²) in [5.41, 5.74) is 4.19. The SMILES string of the molecule is Cc1cc(C)n(Cc2cccc(NC(=O)CC3CCN(C)CC3)c2)n1. The Morgan fingerprint density at radius 1 is 1.24 bits per heavy atom. The summed E-state index contributed by atoms with van der Waals surface area (Å²) in [7, 11) is 2.14. The van der Waals surface area contributed by atoms with Crippen LogP contribution in [0, 0.1) is 19.8 Å². The molecule has 1 fully saturated rings. The molecule has 1 aliphatic rings. The van der Waals surface area contributed by atoms with Crippen LogP contribution in [-0.2, 0) is 11.3 Å². The van der Waals surface area contributed by atoms with Crippen molar-refractivity contribution in [2.75, 3.05) is 25.5 Å². The summed E-state index contributed by atoms with van der Waals surface area (Å²) >= 11 is 0. The van der Waals surface area contributed by atoms with Gasteiger partial charge >= 0.3 is 0 Å². The third kappa shape index (κ3) is 4.92. The third-order valence-electron chi connectivity index (χ3n) is 4.96. The first kappa shape index (κ1) is 17.7. The number of aryl methyl sites for hydroxylation is 2. The van der Waals surface area contributed by atoms with Crippen molar-refractivity contribution in [1.29, 1.82) is 0 Å². The highest BCUT2D eigenvalue weighted by molar-refractivity contribution is 5.90. The van der Waals surface area contributed by atoms with Crippen LogP contribution in [-0.4, -0.2) is 40.7 Å². The molecular formula is C20H28N4O. The van der Waals surface area contributed by atoms with Gasteiger partial charge in [0.15, 0.2) is 0 Å². The second kappa shape index (κ2) is 7.83. The molecule has 1 N–H and O–H groups in total. The molecule has 0 saturated carbocycles. The van der Waals surface area contributed by atoms with Crippen LogP contribution in [0.1, 0.15) is 36.2 Å². The molecular weight excluding hydrogens is 312 g/mol. The quantitative estimate of drug-likeness (QED) is 0.909. The zero-order valence-electron chi connectivity index (χ0n) is 15.5. The van der Waals surface area contributed by atoms with Gasteiger partial charge in [-0.05, 0) is 76.5 Å². The van der Waals surface area contributed by atoms with Crippen molar-refractivity contribution in [3.8, 4) is 0 Å². The number of nitrogens with one attached hydrogen (secondary N) is 1. The van der Waals surface area contributed by atoms with Gasteiger partial charge in [-0.25, -0.2) is 0 Å². The molecule has 0 spiro atoms. The number of nitrogens with zero attached hydrogens (tertiary/aromatic N) is 3. The zero-order chi connectivity index (χ0) is 17.8. The van der Waals surface area contributed by atoms with Gasteiger partial charge < -0.3 is 10.2 Å². The second-order valence-corrected chi connectivity index (χ2v) is 7.28. The first-order valence-corrected chi connectivity index (χ1v) is 9.08. The highest BCUT2D eigenvalue weighted by Gasteiger charge is 2.19. The predicted octanol–water partition coefficient (Wildman–Crippen LogP) is 3.22. The van der Waals surface area contributed by atoms with Crippen molar-refractivity contribution in [1.82, 2.24) is 14.7 Å². The highest BCUT2D eigenvalue weighted by atomic mass is 16.1. The summed E-state index contributed by atoms with van der Waals surface area (Å²) in [6.45, 7) is 6.97. The highest BCUT2D eigenvalue weighted by Crippen LogP contribution is 2.21. The molecule has 1 aromatic heterocycles. The zero-order valence-corrected chi connectivity index (χ0v) is 15.5. The number of aromatic nitrogens is 2. The van der Waals surface area contributed by atoms with Gasteiger partial charge in [0.05, 0.1) is 12.2 Å². The van der Waals surface area contributed by atoms with E-state index >= 15 is 0 Å². The number of likely N-dealkylation sites (tertiary alicyclic amines) is 1. The van der Waals surface area contributed by atoms with Crippen molar-refractivity contribution < 1.29 is 4.79 Å². The molecule has 0 bridgehead atoms. The summed E-state index contributed by atoms with van der Waals surface area (Å²) in [4.78, 5) is 14.7. The molecule has 1 aromatic carbocycles. The van der Waals surface area contributed by atoms with Crippen LogP contribution in [0.2, 0.25) is 0 Å². The van der Waals surface area contributed by atoms with E-state index < -0.39 is 0 Å². The number of rotatable bonds is 5. The number of amides is 1. The van der Waals surface area contributed by atoms with E-state index in [4.69, 9.17) is 0 Å². The van der Waals surface area contributed by atoms with Crippen LogP contribution >= 0.6 is 0 Å². The summed E-state index contributed by atoms with van der Waals surface area (Å²) in [5, 5.41) is 7.57. The Labute approximate surface area is 150 Å². The Hall–Kier alpha value is -2.14. The van der Waals surface area contributed by atoms with E-state index in [1.807, 2.05) is 29.8 Å². The maximum Gasteiger partial charge on any atom is 0.224 e. The topological polar surface area (TPSA) is 50.2 Å². The van der Waals surface area contributed by atoms with E-state index in [9.17, 15) is 4.79 Å². The maximum atomic E-state index is 12.3. The third-order valence-corrected chi connectivity index (χ3v) is 4.96.